The second kappa shape index (κ2) is 7.22. The van der Waals surface area contributed by atoms with E-state index in [1.807, 2.05) is 0 Å². The van der Waals surface area contributed by atoms with Crippen LogP contribution in [0.5, 0.6) is 0 Å². The Morgan fingerprint density at radius 2 is 1.63 bits per heavy atom. The molecule has 3 saturated carbocycles. The maximum Gasteiger partial charge on any atom is 0.341 e. The van der Waals surface area contributed by atoms with Gasteiger partial charge in [0.1, 0.15) is 24.1 Å². The summed E-state index contributed by atoms with van der Waals surface area (Å²) in [5, 5.41) is 0. The Bertz CT molecular complexity index is 1140. The van der Waals surface area contributed by atoms with Crippen LogP contribution in [0.25, 0.3) is 0 Å². The van der Waals surface area contributed by atoms with E-state index in [9.17, 15) is 14.4 Å². The molecular formula is C30H42O8. The van der Waals surface area contributed by atoms with E-state index in [1.165, 1.54) is 14.0 Å². The second-order valence-corrected chi connectivity index (χ2v) is 14.4. The van der Waals surface area contributed by atoms with Gasteiger partial charge in [-0.25, -0.2) is 4.79 Å². The number of methoxy groups -OCH3 is 1. The van der Waals surface area contributed by atoms with Crippen LogP contribution in [0.2, 0.25) is 0 Å². The number of Topliss-reactive ketones (excluding diaryl/α,β-unsaturated/α-hetero) is 1. The SMILES string of the molecule is COC(=O)[C@@]12O[C@@H]1C(C)C[C@@]13O[C@@H]([C@@H](OC(C)=O)[C@]4(C)C5CC[C@@]6(C(C)=O)COC[C@H]6[C@]5(C)CCC41)[C@@]23C. The average molecular weight is 531 g/mol. The standard InChI is InChI=1S/C30H42O8/c1-15-12-29-19-8-10-25(4)18(9-11-28(16(2)31)14-35-13-20(25)28)26(19,5)22(36-17(3)32)23(37-29)27(29,6)30(21(15)38-30)24(33)34-7/h15,18-23H,8-14H2,1-7H3/t15?,18?,19?,20-,21+,22+,23-,25+,26+,27+,28-,29+,30-/m0/s1. The van der Waals surface area contributed by atoms with Gasteiger partial charge in [0, 0.05) is 18.3 Å². The largest absolute Gasteiger partial charge is 0.467 e. The molecule has 0 amide bonds. The molecule has 7 fully saturated rings. The maximum atomic E-state index is 13.4. The molecule has 210 valence electrons. The number of esters is 2. The third-order valence-electron chi connectivity index (χ3n) is 13.5. The maximum absolute atomic E-state index is 13.4. The van der Waals surface area contributed by atoms with Crippen LogP contribution in [-0.4, -0.2) is 67.6 Å². The van der Waals surface area contributed by atoms with E-state index in [0.717, 1.165) is 32.1 Å². The van der Waals surface area contributed by atoms with E-state index in [4.69, 9.17) is 23.7 Å². The van der Waals surface area contributed by atoms with Gasteiger partial charge in [-0.15, -0.1) is 0 Å². The van der Waals surface area contributed by atoms with Gasteiger partial charge >= 0.3 is 11.9 Å². The molecule has 38 heavy (non-hydrogen) atoms. The number of carbonyl (C=O) groups is 3. The summed E-state index contributed by atoms with van der Waals surface area (Å²) in [6, 6.07) is 0. The Hall–Kier alpha value is -1.51. The smallest absolute Gasteiger partial charge is 0.341 e. The first kappa shape index (κ1) is 25.5. The molecule has 4 aliphatic heterocycles. The van der Waals surface area contributed by atoms with Crippen molar-refractivity contribution >= 4 is 17.7 Å². The number of epoxide rings is 1. The van der Waals surface area contributed by atoms with Crippen molar-refractivity contribution in [3.05, 3.63) is 0 Å². The minimum Gasteiger partial charge on any atom is -0.467 e. The molecule has 3 aliphatic carbocycles. The van der Waals surface area contributed by atoms with Crippen molar-refractivity contribution in [2.75, 3.05) is 20.3 Å². The van der Waals surface area contributed by atoms with Crippen molar-refractivity contribution in [2.45, 2.75) is 103 Å². The predicted octanol–water partition coefficient (Wildman–Crippen LogP) is 3.48. The molecule has 2 bridgehead atoms. The Labute approximate surface area is 224 Å². The Morgan fingerprint density at radius 3 is 2.29 bits per heavy atom. The van der Waals surface area contributed by atoms with E-state index >= 15 is 0 Å². The molecular weight excluding hydrogens is 488 g/mol. The van der Waals surface area contributed by atoms with Crippen molar-refractivity contribution in [3.63, 3.8) is 0 Å². The summed E-state index contributed by atoms with van der Waals surface area (Å²) in [4.78, 5) is 39.1. The zero-order valence-electron chi connectivity index (χ0n) is 23.8. The van der Waals surface area contributed by atoms with E-state index in [0.29, 0.717) is 13.2 Å². The minimum absolute atomic E-state index is 0.0775. The molecule has 0 N–H and O–H groups in total. The van der Waals surface area contributed by atoms with Gasteiger partial charge in [0.15, 0.2) is 0 Å². The highest BCUT2D eigenvalue weighted by Gasteiger charge is 2.95. The third kappa shape index (κ3) is 2.34. The number of carbonyl (C=O) groups excluding carboxylic acids is 3. The topological polar surface area (TPSA) is 101 Å². The second-order valence-electron chi connectivity index (χ2n) is 14.4. The minimum atomic E-state index is -1.07. The van der Waals surface area contributed by atoms with Crippen LogP contribution in [0.1, 0.15) is 73.6 Å². The molecule has 1 spiro atoms. The Kier molecular flexibility index (Phi) is 4.83. The van der Waals surface area contributed by atoms with Crippen molar-refractivity contribution in [1.29, 1.82) is 0 Å². The third-order valence-corrected chi connectivity index (χ3v) is 13.5. The lowest BCUT2D eigenvalue weighted by molar-refractivity contribution is -0.454. The fraction of sp³-hybridized carbons (Fsp3) is 0.900. The van der Waals surface area contributed by atoms with Crippen LogP contribution in [-0.2, 0) is 38.1 Å². The zero-order valence-corrected chi connectivity index (χ0v) is 23.8. The van der Waals surface area contributed by atoms with Crippen LogP contribution in [0.15, 0.2) is 0 Å². The van der Waals surface area contributed by atoms with Gasteiger partial charge in [-0.3, -0.25) is 9.59 Å². The lowest BCUT2D eigenvalue weighted by Gasteiger charge is -2.80. The molecule has 4 saturated heterocycles. The van der Waals surface area contributed by atoms with Gasteiger partial charge in [-0.05, 0) is 62.2 Å². The quantitative estimate of drug-likeness (QED) is 0.404. The average Bonchev–Trinajstić information content (AvgIpc) is 3.46. The monoisotopic (exact) mass is 530 g/mol. The van der Waals surface area contributed by atoms with Crippen molar-refractivity contribution in [3.8, 4) is 0 Å². The van der Waals surface area contributed by atoms with Crippen molar-refractivity contribution in [2.24, 2.45) is 45.3 Å². The predicted molar refractivity (Wildman–Crippen MR) is 134 cm³/mol. The van der Waals surface area contributed by atoms with Gasteiger partial charge in [0.2, 0.25) is 5.60 Å². The lowest BCUT2D eigenvalue weighted by atomic mass is 9.30. The summed E-state index contributed by atoms with van der Waals surface area (Å²) >= 11 is 0. The van der Waals surface area contributed by atoms with Gasteiger partial charge in [0.25, 0.3) is 0 Å². The molecule has 0 aromatic carbocycles. The van der Waals surface area contributed by atoms with Crippen LogP contribution >= 0.6 is 0 Å². The number of ketones is 1. The molecule has 0 radical (unpaired) electrons. The van der Waals surface area contributed by atoms with Gasteiger partial charge in [-0.2, -0.15) is 0 Å². The zero-order chi connectivity index (χ0) is 27.3. The highest BCUT2D eigenvalue weighted by atomic mass is 16.7. The summed E-state index contributed by atoms with van der Waals surface area (Å²) in [7, 11) is 1.42. The van der Waals surface area contributed by atoms with Crippen molar-refractivity contribution < 1.29 is 38.1 Å². The molecule has 0 aromatic rings. The van der Waals surface area contributed by atoms with Gasteiger partial charge in [0.05, 0.1) is 36.8 Å². The molecule has 7 aliphatic rings. The first-order valence-corrected chi connectivity index (χ1v) is 14.5. The fourth-order valence-corrected chi connectivity index (χ4v) is 12.0. The molecule has 3 unspecified atom stereocenters. The first-order chi connectivity index (χ1) is 17.8. The fourth-order valence-electron chi connectivity index (χ4n) is 12.0. The number of rotatable bonds is 3. The summed E-state index contributed by atoms with van der Waals surface area (Å²) in [5.41, 5.74) is -3.21. The van der Waals surface area contributed by atoms with Crippen LogP contribution < -0.4 is 0 Å². The molecule has 0 aromatic heterocycles. The van der Waals surface area contributed by atoms with Crippen LogP contribution in [0.4, 0.5) is 0 Å². The number of hydrogen-bond acceptors (Lipinski definition) is 8. The molecule has 7 rings (SSSR count). The number of ether oxygens (including phenoxy) is 5. The van der Waals surface area contributed by atoms with E-state index < -0.39 is 34.2 Å². The highest BCUT2D eigenvalue weighted by Crippen LogP contribution is 2.83. The summed E-state index contributed by atoms with van der Waals surface area (Å²) in [6.45, 7) is 13.3. The summed E-state index contributed by atoms with van der Waals surface area (Å²) in [5.74, 6) is 0.158. The summed E-state index contributed by atoms with van der Waals surface area (Å²) < 4.78 is 30.9. The van der Waals surface area contributed by atoms with E-state index in [1.54, 1.807) is 6.92 Å². The molecule has 8 nitrogen and oxygen atoms in total. The highest BCUT2D eigenvalue weighted by molar-refractivity contribution is 5.86. The first-order valence-electron chi connectivity index (χ1n) is 14.5. The van der Waals surface area contributed by atoms with Crippen LogP contribution in [0, 0.1) is 45.3 Å². The van der Waals surface area contributed by atoms with Gasteiger partial charge in [-0.1, -0.05) is 27.7 Å². The Balaban J connectivity index is 1.38. The van der Waals surface area contributed by atoms with Gasteiger partial charge < -0.3 is 23.7 Å². The van der Waals surface area contributed by atoms with Crippen LogP contribution in [0.3, 0.4) is 0 Å². The number of hydrogen-bond donors (Lipinski definition) is 0. The van der Waals surface area contributed by atoms with Crippen molar-refractivity contribution in [1.82, 2.24) is 0 Å². The number of fused-ring (bicyclic) bond motifs is 9. The normalized spacial score (nSPS) is 59.1. The summed E-state index contributed by atoms with van der Waals surface area (Å²) in [6.07, 6.45) is 3.12. The molecule has 8 heteroatoms. The lowest BCUT2D eigenvalue weighted by Crippen LogP contribution is -2.90. The van der Waals surface area contributed by atoms with E-state index in [2.05, 4.69) is 27.7 Å². The van der Waals surface area contributed by atoms with E-state index in [-0.39, 0.29) is 58.3 Å². The Morgan fingerprint density at radius 1 is 0.921 bits per heavy atom. The molecule has 4 heterocycles. The molecule has 13 atom stereocenters.